The van der Waals surface area contributed by atoms with Gasteiger partial charge in [0.1, 0.15) is 0 Å². The van der Waals surface area contributed by atoms with Crippen LogP contribution in [0.5, 0.6) is 0 Å². The lowest BCUT2D eigenvalue weighted by Crippen LogP contribution is -2.29. The van der Waals surface area contributed by atoms with Crippen LogP contribution in [0.1, 0.15) is 12.5 Å². The zero-order valence-corrected chi connectivity index (χ0v) is 11.5. The summed E-state index contributed by atoms with van der Waals surface area (Å²) in [7, 11) is 0. The minimum Gasteiger partial charge on any atom is -0.481 e. The topological polar surface area (TPSA) is 66.8 Å². The lowest BCUT2D eigenvalue weighted by molar-refractivity contribution is -0.155. The first-order chi connectivity index (χ1) is 9.61. The third-order valence-electron chi connectivity index (χ3n) is 3.55. The monoisotopic (exact) mass is 277 g/mol. The van der Waals surface area contributed by atoms with Crippen LogP contribution in [0.15, 0.2) is 30.3 Å². The molecule has 1 N–H and O–H groups in total. The van der Waals surface area contributed by atoms with Gasteiger partial charge in [-0.1, -0.05) is 30.3 Å². The Balaban J connectivity index is 2.04. The normalized spacial score (nSPS) is 22.6. The number of rotatable bonds is 5. The number of hydrogen-bond acceptors (Lipinski definition) is 4. The summed E-state index contributed by atoms with van der Waals surface area (Å²) in [6.07, 6.45) is 0. The predicted octanol–water partition coefficient (Wildman–Crippen LogP) is 1.38. The third kappa shape index (κ3) is 3.36. The van der Waals surface area contributed by atoms with Crippen molar-refractivity contribution in [1.82, 2.24) is 4.90 Å². The highest BCUT2D eigenvalue weighted by Gasteiger charge is 2.42. The molecule has 1 saturated heterocycles. The third-order valence-corrected chi connectivity index (χ3v) is 3.55. The summed E-state index contributed by atoms with van der Waals surface area (Å²) in [5.41, 5.74) is 1.11. The van der Waals surface area contributed by atoms with Crippen LogP contribution in [0.25, 0.3) is 0 Å². The highest BCUT2D eigenvalue weighted by Crippen LogP contribution is 2.26. The van der Waals surface area contributed by atoms with Gasteiger partial charge in [-0.2, -0.15) is 0 Å². The number of carbonyl (C=O) groups is 2. The maximum Gasteiger partial charge on any atom is 0.311 e. The molecule has 0 aromatic heterocycles. The van der Waals surface area contributed by atoms with Gasteiger partial charge >= 0.3 is 11.9 Å². The summed E-state index contributed by atoms with van der Waals surface area (Å²) in [5, 5.41) is 9.25. The van der Waals surface area contributed by atoms with Crippen molar-refractivity contribution in [3.05, 3.63) is 35.9 Å². The predicted molar refractivity (Wildman–Crippen MR) is 73.0 cm³/mol. The number of hydrogen-bond donors (Lipinski definition) is 1. The van der Waals surface area contributed by atoms with Gasteiger partial charge in [-0.15, -0.1) is 0 Å². The van der Waals surface area contributed by atoms with Crippen molar-refractivity contribution in [3.8, 4) is 0 Å². The minimum atomic E-state index is -0.932. The van der Waals surface area contributed by atoms with Crippen LogP contribution in [0.4, 0.5) is 0 Å². The Morgan fingerprint density at radius 2 is 1.90 bits per heavy atom. The van der Waals surface area contributed by atoms with Gasteiger partial charge in [-0.3, -0.25) is 14.5 Å². The zero-order valence-electron chi connectivity index (χ0n) is 11.5. The Morgan fingerprint density at radius 1 is 1.25 bits per heavy atom. The van der Waals surface area contributed by atoms with E-state index in [4.69, 9.17) is 4.74 Å². The Morgan fingerprint density at radius 3 is 2.50 bits per heavy atom. The van der Waals surface area contributed by atoms with Crippen molar-refractivity contribution in [3.63, 3.8) is 0 Å². The fourth-order valence-electron chi connectivity index (χ4n) is 2.59. The van der Waals surface area contributed by atoms with Crippen molar-refractivity contribution in [2.45, 2.75) is 13.5 Å². The van der Waals surface area contributed by atoms with Gasteiger partial charge in [-0.25, -0.2) is 0 Å². The molecule has 1 aliphatic heterocycles. The van der Waals surface area contributed by atoms with Crippen LogP contribution in [0.3, 0.4) is 0 Å². The molecule has 1 aromatic carbocycles. The molecule has 0 unspecified atom stereocenters. The number of ether oxygens (including phenoxy) is 1. The molecule has 0 amide bonds. The minimum absolute atomic E-state index is 0.278. The summed E-state index contributed by atoms with van der Waals surface area (Å²) in [5.74, 6) is -2.59. The number of esters is 1. The second kappa shape index (κ2) is 6.52. The van der Waals surface area contributed by atoms with Gasteiger partial charge in [0.2, 0.25) is 0 Å². The molecule has 1 heterocycles. The Hall–Kier alpha value is -1.88. The van der Waals surface area contributed by atoms with Gasteiger partial charge in [0.15, 0.2) is 0 Å². The summed E-state index contributed by atoms with van der Waals surface area (Å²) in [6, 6.07) is 9.82. The molecule has 1 aliphatic rings. The van der Waals surface area contributed by atoms with E-state index >= 15 is 0 Å². The van der Waals surface area contributed by atoms with Crippen LogP contribution in [-0.4, -0.2) is 41.6 Å². The molecule has 108 valence electrons. The SMILES string of the molecule is CCOC(=O)[C@H]1CN(Cc2ccccc2)C[C@@H]1C(=O)O. The highest BCUT2D eigenvalue weighted by atomic mass is 16.5. The van der Waals surface area contributed by atoms with Gasteiger partial charge in [0, 0.05) is 19.6 Å². The smallest absolute Gasteiger partial charge is 0.311 e. The van der Waals surface area contributed by atoms with E-state index in [9.17, 15) is 14.7 Å². The summed E-state index contributed by atoms with van der Waals surface area (Å²) >= 11 is 0. The molecule has 0 aliphatic carbocycles. The van der Waals surface area contributed by atoms with Crippen molar-refractivity contribution in [1.29, 1.82) is 0 Å². The van der Waals surface area contributed by atoms with E-state index < -0.39 is 23.8 Å². The Labute approximate surface area is 118 Å². The first-order valence-corrected chi connectivity index (χ1v) is 6.77. The second-order valence-electron chi connectivity index (χ2n) is 4.98. The van der Waals surface area contributed by atoms with E-state index in [0.29, 0.717) is 19.6 Å². The molecule has 0 spiro atoms. The lowest BCUT2D eigenvalue weighted by atomic mass is 9.96. The van der Waals surface area contributed by atoms with Gasteiger partial charge in [-0.05, 0) is 12.5 Å². The number of nitrogens with zero attached hydrogens (tertiary/aromatic N) is 1. The number of carboxylic acids is 1. The molecule has 0 radical (unpaired) electrons. The average Bonchev–Trinajstić information content (AvgIpc) is 2.84. The number of benzene rings is 1. The van der Waals surface area contributed by atoms with Crippen molar-refractivity contribution in [2.24, 2.45) is 11.8 Å². The van der Waals surface area contributed by atoms with E-state index in [0.717, 1.165) is 5.56 Å². The molecule has 1 fully saturated rings. The van der Waals surface area contributed by atoms with Gasteiger partial charge in [0.25, 0.3) is 0 Å². The molecular weight excluding hydrogens is 258 g/mol. The molecule has 2 atom stereocenters. The zero-order chi connectivity index (χ0) is 14.5. The molecule has 2 rings (SSSR count). The standard InChI is InChI=1S/C15H19NO4/c1-2-20-15(19)13-10-16(9-12(13)14(17)18)8-11-6-4-3-5-7-11/h3-7,12-13H,2,8-10H2,1H3,(H,17,18)/t12-,13-/m0/s1. The summed E-state index contributed by atoms with van der Waals surface area (Å²) in [6.45, 7) is 3.48. The number of carbonyl (C=O) groups excluding carboxylic acids is 1. The first-order valence-electron chi connectivity index (χ1n) is 6.77. The average molecular weight is 277 g/mol. The van der Waals surface area contributed by atoms with Crippen LogP contribution in [0, 0.1) is 11.8 Å². The molecule has 5 nitrogen and oxygen atoms in total. The fourth-order valence-corrected chi connectivity index (χ4v) is 2.59. The quantitative estimate of drug-likeness (QED) is 0.824. The molecule has 0 saturated carbocycles. The maximum absolute atomic E-state index is 11.8. The fraction of sp³-hybridized carbons (Fsp3) is 0.467. The van der Waals surface area contributed by atoms with E-state index in [1.807, 2.05) is 35.2 Å². The van der Waals surface area contributed by atoms with Gasteiger partial charge in [0.05, 0.1) is 18.4 Å². The van der Waals surface area contributed by atoms with E-state index in [1.165, 1.54) is 0 Å². The molecule has 5 heteroatoms. The van der Waals surface area contributed by atoms with Crippen molar-refractivity contribution >= 4 is 11.9 Å². The van der Waals surface area contributed by atoms with E-state index in [-0.39, 0.29) is 6.61 Å². The second-order valence-corrected chi connectivity index (χ2v) is 4.98. The largest absolute Gasteiger partial charge is 0.481 e. The van der Waals surface area contributed by atoms with Gasteiger partial charge < -0.3 is 9.84 Å². The van der Waals surface area contributed by atoms with Crippen molar-refractivity contribution in [2.75, 3.05) is 19.7 Å². The molecular formula is C15H19NO4. The lowest BCUT2D eigenvalue weighted by Gasteiger charge is -2.15. The van der Waals surface area contributed by atoms with Crippen LogP contribution in [-0.2, 0) is 20.9 Å². The Bertz CT molecular complexity index is 474. The van der Waals surface area contributed by atoms with E-state index in [1.54, 1.807) is 6.92 Å². The van der Waals surface area contributed by atoms with Crippen LogP contribution >= 0.6 is 0 Å². The first kappa shape index (κ1) is 14.5. The molecule has 1 aromatic rings. The maximum atomic E-state index is 11.8. The summed E-state index contributed by atoms with van der Waals surface area (Å²) < 4.78 is 4.98. The van der Waals surface area contributed by atoms with Crippen molar-refractivity contribution < 1.29 is 19.4 Å². The number of likely N-dealkylation sites (tertiary alicyclic amines) is 1. The number of aliphatic carboxylic acids is 1. The van der Waals surface area contributed by atoms with Crippen LogP contribution < -0.4 is 0 Å². The molecule has 0 bridgehead atoms. The Kier molecular flexibility index (Phi) is 4.74. The highest BCUT2D eigenvalue weighted by molar-refractivity contribution is 5.82. The summed E-state index contributed by atoms with van der Waals surface area (Å²) in [4.78, 5) is 25.1. The number of carboxylic acid groups (broad SMARTS) is 1. The molecule has 20 heavy (non-hydrogen) atoms. The van der Waals surface area contributed by atoms with Crippen LogP contribution in [0.2, 0.25) is 0 Å². The van der Waals surface area contributed by atoms with E-state index in [2.05, 4.69) is 0 Å².